The first-order valence-electron chi connectivity index (χ1n) is 8.50. The zero-order chi connectivity index (χ0) is 16.5. The highest BCUT2D eigenvalue weighted by Gasteiger charge is 2.28. The summed E-state index contributed by atoms with van der Waals surface area (Å²) in [6, 6.07) is 9.74. The van der Waals surface area contributed by atoms with Gasteiger partial charge in [0.25, 0.3) is 5.91 Å². The molecule has 1 aliphatic carbocycles. The predicted molar refractivity (Wildman–Crippen MR) is 92.6 cm³/mol. The molecule has 1 aliphatic heterocycles. The minimum Gasteiger partial charge on any atom is -0.369 e. The summed E-state index contributed by atoms with van der Waals surface area (Å²) in [5, 5.41) is 6.75. The van der Waals surface area contributed by atoms with E-state index in [1.54, 1.807) is 6.07 Å². The van der Waals surface area contributed by atoms with E-state index in [4.69, 9.17) is 4.52 Å². The summed E-state index contributed by atoms with van der Waals surface area (Å²) in [6.45, 7) is 4.22. The number of anilines is 2. The predicted octanol–water partition coefficient (Wildman–Crippen LogP) is 2.56. The van der Waals surface area contributed by atoms with Gasteiger partial charge in [0.15, 0.2) is 5.69 Å². The molecule has 2 fully saturated rings. The Hall–Kier alpha value is -2.34. The molecule has 2 aliphatic rings. The summed E-state index contributed by atoms with van der Waals surface area (Å²) in [6.07, 6.45) is 2.26. The molecule has 2 aromatic rings. The number of benzene rings is 1. The molecule has 1 N–H and O–H groups in total. The van der Waals surface area contributed by atoms with Gasteiger partial charge < -0.3 is 19.6 Å². The molecule has 1 amide bonds. The number of carbonyl (C=O) groups is 1. The van der Waals surface area contributed by atoms with Crippen molar-refractivity contribution in [1.29, 1.82) is 0 Å². The van der Waals surface area contributed by atoms with Gasteiger partial charge in [-0.1, -0.05) is 5.16 Å². The molecule has 0 bridgehead atoms. The maximum Gasteiger partial charge on any atom is 0.277 e. The van der Waals surface area contributed by atoms with Crippen molar-refractivity contribution < 1.29 is 9.32 Å². The first kappa shape index (κ1) is 15.2. The molecule has 6 heteroatoms. The van der Waals surface area contributed by atoms with E-state index in [1.807, 2.05) is 12.1 Å². The monoisotopic (exact) mass is 326 g/mol. The average Bonchev–Trinajstić information content (AvgIpc) is 3.33. The number of aromatic nitrogens is 1. The molecule has 0 radical (unpaired) electrons. The fourth-order valence-corrected chi connectivity index (χ4v) is 2.97. The van der Waals surface area contributed by atoms with Crippen LogP contribution in [0.3, 0.4) is 0 Å². The maximum absolute atomic E-state index is 12.2. The zero-order valence-corrected chi connectivity index (χ0v) is 13.9. The van der Waals surface area contributed by atoms with E-state index >= 15 is 0 Å². The summed E-state index contributed by atoms with van der Waals surface area (Å²) in [7, 11) is 2.15. The Morgan fingerprint density at radius 2 is 1.88 bits per heavy atom. The van der Waals surface area contributed by atoms with Crippen molar-refractivity contribution in [3.05, 3.63) is 41.8 Å². The minimum absolute atomic E-state index is 0.224. The van der Waals surface area contributed by atoms with Gasteiger partial charge in [-0.2, -0.15) is 0 Å². The van der Waals surface area contributed by atoms with Gasteiger partial charge in [0.05, 0.1) is 0 Å². The number of amides is 1. The Bertz CT molecular complexity index is 713. The molecule has 1 aromatic carbocycles. The summed E-state index contributed by atoms with van der Waals surface area (Å²) in [5.74, 6) is 1.06. The number of carbonyl (C=O) groups excluding carboxylic acids is 1. The second-order valence-electron chi connectivity index (χ2n) is 6.68. The van der Waals surface area contributed by atoms with E-state index in [2.05, 4.69) is 39.5 Å². The number of nitrogens with zero attached hydrogens (tertiary/aromatic N) is 3. The molecule has 126 valence electrons. The van der Waals surface area contributed by atoms with Gasteiger partial charge in [-0.05, 0) is 44.2 Å². The van der Waals surface area contributed by atoms with E-state index in [9.17, 15) is 4.79 Å². The summed E-state index contributed by atoms with van der Waals surface area (Å²) in [5.41, 5.74) is 2.31. The molecule has 2 heterocycles. The van der Waals surface area contributed by atoms with Gasteiger partial charge in [-0.3, -0.25) is 4.79 Å². The normalized spacial score (nSPS) is 18.6. The highest BCUT2D eigenvalue weighted by atomic mass is 16.5. The molecule has 0 atom stereocenters. The van der Waals surface area contributed by atoms with Crippen molar-refractivity contribution in [2.75, 3.05) is 43.4 Å². The lowest BCUT2D eigenvalue weighted by atomic mass is 10.2. The molecule has 0 unspecified atom stereocenters. The van der Waals surface area contributed by atoms with Crippen molar-refractivity contribution in [2.24, 2.45) is 0 Å². The fraction of sp³-hybridized carbons (Fsp3) is 0.444. The maximum atomic E-state index is 12.2. The number of rotatable bonds is 4. The Morgan fingerprint density at radius 1 is 1.17 bits per heavy atom. The molecule has 1 saturated carbocycles. The second kappa shape index (κ2) is 6.28. The molecule has 4 rings (SSSR count). The van der Waals surface area contributed by atoms with Crippen LogP contribution in [0, 0.1) is 0 Å². The lowest BCUT2D eigenvalue weighted by molar-refractivity contribution is 0.101. The van der Waals surface area contributed by atoms with Crippen LogP contribution in [0.4, 0.5) is 11.4 Å². The second-order valence-corrected chi connectivity index (χ2v) is 6.68. The smallest absolute Gasteiger partial charge is 0.277 e. The van der Waals surface area contributed by atoms with Crippen molar-refractivity contribution >= 4 is 17.3 Å². The van der Waals surface area contributed by atoms with Gasteiger partial charge in [0, 0.05) is 49.5 Å². The first-order chi connectivity index (χ1) is 11.7. The standard InChI is InChI=1S/C18H22N4O2/c1-21-8-10-22(11-9-21)15-6-4-14(5-7-15)19-18(23)16-12-17(24-20-16)13-2-3-13/h4-7,12-13H,2-3,8-11H2,1H3,(H,19,23). The van der Waals surface area contributed by atoms with Crippen LogP contribution >= 0.6 is 0 Å². The third kappa shape index (κ3) is 3.28. The van der Waals surface area contributed by atoms with E-state index < -0.39 is 0 Å². The average molecular weight is 326 g/mol. The summed E-state index contributed by atoms with van der Waals surface area (Å²) < 4.78 is 5.23. The van der Waals surface area contributed by atoms with Gasteiger partial charge in [-0.25, -0.2) is 0 Å². The van der Waals surface area contributed by atoms with E-state index in [0.29, 0.717) is 11.6 Å². The quantitative estimate of drug-likeness (QED) is 0.935. The summed E-state index contributed by atoms with van der Waals surface area (Å²) >= 11 is 0. The molecule has 1 saturated heterocycles. The van der Waals surface area contributed by atoms with Gasteiger partial charge in [0.2, 0.25) is 0 Å². The highest BCUT2D eigenvalue weighted by Crippen LogP contribution is 2.40. The van der Waals surface area contributed by atoms with Crippen LogP contribution in [0.15, 0.2) is 34.9 Å². The number of hydrogen-bond acceptors (Lipinski definition) is 5. The van der Waals surface area contributed by atoms with E-state index in [-0.39, 0.29) is 5.91 Å². The molecule has 24 heavy (non-hydrogen) atoms. The Kier molecular flexibility index (Phi) is 3.98. The van der Waals surface area contributed by atoms with E-state index in [0.717, 1.165) is 50.5 Å². The number of piperazine rings is 1. The van der Waals surface area contributed by atoms with Gasteiger partial charge >= 0.3 is 0 Å². The molecule has 6 nitrogen and oxygen atoms in total. The highest BCUT2D eigenvalue weighted by molar-refractivity contribution is 6.02. The number of hydrogen-bond donors (Lipinski definition) is 1. The van der Waals surface area contributed by atoms with Gasteiger partial charge in [-0.15, -0.1) is 0 Å². The van der Waals surface area contributed by atoms with Crippen LogP contribution in [0.1, 0.15) is 35.0 Å². The van der Waals surface area contributed by atoms with E-state index in [1.165, 1.54) is 5.69 Å². The third-order valence-corrected chi connectivity index (χ3v) is 4.73. The van der Waals surface area contributed by atoms with Crippen LogP contribution in [-0.4, -0.2) is 49.2 Å². The largest absolute Gasteiger partial charge is 0.369 e. The summed E-state index contributed by atoms with van der Waals surface area (Å²) in [4.78, 5) is 16.9. The first-order valence-corrected chi connectivity index (χ1v) is 8.50. The van der Waals surface area contributed by atoms with Crippen molar-refractivity contribution in [1.82, 2.24) is 10.1 Å². The lowest BCUT2D eigenvalue weighted by Crippen LogP contribution is -2.44. The van der Waals surface area contributed by atoms with Crippen LogP contribution in [0.5, 0.6) is 0 Å². The Labute approximate surface area is 141 Å². The van der Waals surface area contributed by atoms with Crippen LogP contribution < -0.4 is 10.2 Å². The molecule has 0 spiro atoms. The molecular weight excluding hydrogens is 304 g/mol. The van der Waals surface area contributed by atoms with Crippen LogP contribution in [0.2, 0.25) is 0 Å². The van der Waals surface area contributed by atoms with Crippen LogP contribution in [0.25, 0.3) is 0 Å². The van der Waals surface area contributed by atoms with Crippen molar-refractivity contribution in [3.8, 4) is 0 Å². The van der Waals surface area contributed by atoms with Crippen LogP contribution in [-0.2, 0) is 0 Å². The number of nitrogens with one attached hydrogen (secondary N) is 1. The SMILES string of the molecule is CN1CCN(c2ccc(NC(=O)c3cc(C4CC4)on3)cc2)CC1. The fourth-order valence-electron chi connectivity index (χ4n) is 2.97. The van der Waals surface area contributed by atoms with Gasteiger partial charge in [0.1, 0.15) is 5.76 Å². The van der Waals surface area contributed by atoms with Crippen molar-refractivity contribution in [3.63, 3.8) is 0 Å². The molecule has 1 aromatic heterocycles. The third-order valence-electron chi connectivity index (χ3n) is 4.73. The lowest BCUT2D eigenvalue weighted by Gasteiger charge is -2.34. The minimum atomic E-state index is -0.224. The zero-order valence-electron chi connectivity index (χ0n) is 13.9. The Balaban J connectivity index is 1.38. The van der Waals surface area contributed by atoms with Crippen molar-refractivity contribution in [2.45, 2.75) is 18.8 Å². The topological polar surface area (TPSA) is 61.6 Å². The Morgan fingerprint density at radius 3 is 2.54 bits per heavy atom. The number of likely N-dealkylation sites (N-methyl/N-ethyl adjacent to an activating group) is 1. The molecular formula is C18H22N4O2.